The molecule has 21 heavy (non-hydrogen) atoms. The van der Waals surface area contributed by atoms with Crippen molar-refractivity contribution in [3.05, 3.63) is 18.0 Å². The first-order valence-electron chi connectivity index (χ1n) is 7.60. The van der Waals surface area contributed by atoms with E-state index >= 15 is 0 Å². The van der Waals surface area contributed by atoms with Gasteiger partial charge in [0, 0.05) is 44.6 Å². The van der Waals surface area contributed by atoms with Crippen LogP contribution in [0, 0.1) is 5.92 Å². The maximum Gasteiger partial charge on any atom is 0.244 e. The number of aromatic nitrogens is 1. The molecule has 0 aromatic carbocycles. The first kappa shape index (κ1) is 16.5. The van der Waals surface area contributed by atoms with Crippen molar-refractivity contribution in [3.63, 3.8) is 0 Å². The third-order valence-electron chi connectivity index (χ3n) is 4.45. The highest BCUT2D eigenvalue weighted by Gasteiger charge is 2.28. The zero-order valence-electron chi connectivity index (χ0n) is 13.6. The van der Waals surface area contributed by atoms with Gasteiger partial charge in [0.1, 0.15) is 4.90 Å². The van der Waals surface area contributed by atoms with Crippen LogP contribution in [0.2, 0.25) is 0 Å². The van der Waals surface area contributed by atoms with Crippen LogP contribution in [0.1, 0.15) is 39.3 Å². The second kappa shape index (κ2) is 6.10. The second-order valence-corrected chi connectivity index (χ2v) is 8.44. The van der Waals surface area contributed by atoms with Gasteiger partial charge in [-0.05, 0) is 31.7 Å². The number of nitrogens with one attached hydrogen (secondary N) is 1. The Bertz CT molecular complexity index is 588. The molecule has 1 atom stereocenters. The number of sulfonamides is 1. The number of hydrogen-bond donors (Lipinski definition) is 1. The summed E-state index contributed by atoms with van der Waals surface area (Å²) in [6.07, 6.45) is 4.16. The third kappa shape index (κ3) is 3.67. The normalized spacial score (nSPS) is 17.7. The number of nitrogens with zero attached hydrogens (tertiary/aromatic N) is 2. The first-order chi connectivity index (χ1) is 9.73. The molecule has 1 N–H and O–H groups in total. The number of aryl methyl sites for hydroxylation is 1. The molecule has 1 heterocycles. The second-order valence-electron chi connectivity index (χ2n) is 6.44. The Kier molecular flexibility index (Phi) is 4.80. The van der Waals surface area contributed by atoms with E-state index in [1.54, 1.807) is 19.3 Å². The van der Waals surface area contributed by atoms with E-state index in [1.165, 1.54) is 17.1 Å². The lowest BCUT2D eigenvalue weighted by molar-refractivity contribution is 0.316. The summed E-state index contributed by atoms with van der Waals surface area (Å²) in [5.74, 6) is 0.282. The van der Waals surface area contributed by atoms with E-state index in [9.17, 15) is 8.42 Å². The van der Waals surface area contributed by atoms with E-state index < -0.39 is 10.0 Å². The van der Waals surface area contributed by atoms with Crippen molar-refractivity contribution < 1.29 is 8.42 Å². The van der Waals surface area contributed by atoms with Crippen LogP contribution in [0.5, 0.6) is 0 Å². The van der Waals surface area contributed by atoms with E-state index in [4.69, 9.17) is 0 Å². The SMILES string of the molecule is CC(C)C(C)N(C)S(=O)(=O)c1cc(CNC2CC2)n(C)c1. The Morgan fingerprint density at radius 2 is 2.00 bits per heavy atom. The molecule has 1 aliphatic carbocycles. The zero-order chi connectivity index (χ0) is 15.8. The van der Waals surface area contributed by atoms with Gasteiger partial charge in [0.25, 0.3) is 0 Å². The lowest BCUT2D eigenvalue weighted by atomic mass is 10.1. The van der Waals surface area contributed by atoms with Gasteiger partial charge in [-0.2, -0.15) is 4.31 Å². The number of hydrogen-bond acceptors (Lipinski definition) is 3. The fraction of sp³-hybridized carbons (Fsp3) is 0.733. The minimum atomic E-state index is -3.42. The number of rotatable bonds is 7. The van der Waals surface area contributed by atoms with Crippen LogP contribution < -0.4 is 5.32 Å². The lowest BCUT2D eigenvalue weighted by Crippen LogP contribution is -2.38. The van der Waals surface area contributed by atoms with Crippen LogP contribution in [0.25, 0.3) is 0 Å². The Hall–Kier alpha value is -0.850. The zero-order valence-corrected chi connectivity index (χ0v) is 14.4. The Morgan fingerprint density at radius 3 is 2.52 bits per heavy atom. The average Bonchev–Trinajstić information content (AvgIpc) is 3.17. The molecule has 0 spiro atoms. The van der Waals surface area contributed by atoms with Gasteiger partial charge < -0.3 is 9.88 Å². The summed E-state index contributed by atoms with van der Waals surface area (Å²) >= 11 is 0. The minimum Gasteiger partial charge on any atom is -0.352 e. The van der Waals surface area contributed by atoms with Crippen molar-refractivity contribution in [2.45, 2.75) is 57.1 Å². The summed E-state index contributed by atoms with van der Waals surface area (Å²) in [4.78, 5) is 0.382. The molecule has 1 aliphatic rings. The standard InChI is InChI=1S/C15H27N3O2S/c1-11(2)12(3)18(5)21(19,20)15-8-14(17(4)10-15)9-16-13-6-7-13/h8,10-13,16H,6-7,9H2,1-5H3. The van der Waals surface area contributed by atoms with Gasteiger partial charge in [-0.25, -0.2) is 8.42 Å². The Balaban J connectivity index is 2.17. The minimum absolute atomic E-state index is 0.0248. The molecule has 1 fully saturated rings. The highest BCUT2D eigenvalue weighted by atomic mass is 32.2. The lowest BCUT2D eigenvalue weighted by Gasteiger charge is -2.26. The van der Waals surface area contributed by atoms with Gasteiger partial charge >= 0.3 is 0 Å². The van der Waals surface area contributed by atoms with Crippen molar-refractivity contribution in [3.8, 4) is 0 Å². The smallest absolute Gasteiger partial charge is 0.244 e. The van der Waals surface area contributed by atoms with Crippen LogP contribution in [0.4, 0.5) is 0 Å². The van der Waals surface area contributed by atoms with Gasteiger partial charge in [-0.15, -0.1) is 0 Å². The molecule has 1 aromatic heterocycles. The van der Waals surface area contributed by atoms with Crippen LogP contribution in [-0.4, -0.2) is 36.4 Å². The summed E-state index contributed by atoms with van der Waals surface area (Å²) in [5.41, 5.74) is 1.01. The topological polar surface area (TPSA) is 54.3 Å². The third-order valence-corrected chi connectivity index (χ3v) is 6.36. The molecule has 1 unspecified atom stereocenters. The maximum absolute atomic E-state index is 12.7. The summed E-state index contributed by atoms with van der Waals surface area (Å²) < 4.78 is 28.7. The van der Waals surface area contributed by atoms with E-state index in [1.807, 2.05) is 32.4 Å². The molecular weight excluding hydrogens is 286 g/mol. The highest BCUT2D eigenvalue weighted by Crippen LogP contribution is 2.23. The summed E-state index contributed by atoms with van der Waals surface area (Å²) in [5, 5.41) is 3.42. The van der Waals surface area contributed by atoms with Gasteiger partial charge in [0.15, 0.2) is 0 Å². The highest BCUT2D eigenvalue weighted by molar-refractivity contribution is 7.89. The van der Waals surface area contributed by atoms with Crippen molar-refractivity contribution in [2.24, 2.45) is 13.0 Å². The Labute approximate surface area is 128 Å². The van der Waals surface area contributed by atoms with Gasteiger partial charge in [0.05, 0.1) is 0 Å². The molecule has 0 radical (unpaired) electrons. The molecule has 0 aliphatic heterocycles. The van der Waals surface area contributed by atoms with Crippen molar-refractivity contribution in [1.29, 1.82) is 0 Å². The summed E-state index contributed by atoms with van der Waals surface area (Å²) in [6, 6.07) is 2.38. The molecule has 0 bridgehead atoms. The van der Waals surface area contributed by atoms with Crippen molar-refractivity contribution >= 4 is 10.0 Å². The van der Waals surface area contributed by atoms with Crippen molar-refractivity contribution in [2.75, 3.05) is 7.05 Å². The van der Waals surface area contributed by atoms with E-state index in [0.29, 0.717) is 10.9 Å². The molecule has 6 heteroatoms. The maximum atomic E-state index is 12.7. The largest absolute Gasteiger partial charge is 0.352 e. The van der Waals surface area contributed by atoms with Gasteiger partial charge in [0.2, 0.25) is 10.0 Å². The average molecular weight is 313 g/mol. The molecule has 0 amide bonds. The fourth-order valence-corrected chi connectivity index (χ4v) is 3.83. The predicted octanol–water partition coefficient (Wildman–Crippen LogP) is 1.94. The molecule has 1 saturated carbocycles. The predicted molar refractivity (Wildman–Crippen MR) is 84.5 cm³/mol. The molecule has 1 aromatic rings. The summed E-state index contributed by atoms with van der Waals surface area (Å²) in [7, 11) is 0.136. The molecule has 5 nitrogen and oxygen atoms in total. The van der Waals surface area contributed by atoms with E-state index in [2.05, 4.69) is 5.32 Å². The van der Waals surface area contributed by atoms with Crippen LogP contribution in [0.3, 0.4) is 0 Å². The van der Waals surface area contributed by atoms with Crippen LogP contribution >= 0.6 is 0 Å². The molecule has 120 valence electrons. The quantitative estimate of drug-likeness (QED) is 0.837. The summed E-state index contributed by atoms with van der Waals surface area (Å²) in [6.45, 7) is 6.74. The first-order valence-corrected chi connectivity index (χ1v) is 9.04. The van der Waals surface area contributed by atoms with E-state index in [-0.39, 0.29) is 12.0 Å². The molecular formula is C15H27N3O2S. The monoisotopic (exact) mass is 313 g/mol. The van der Waals surface area contributed by atoms with Gasteiger partial charge in [-0.3, -0.25) is 0 Å². The van der Waals surface area contributed by atoms with Crippen molar-refractivity contribution in [1.82, 2.24) is 14.2 Å². The molecule has 0 saturated heterocycles. The van der Waals surface area contributed by atoms with Crippen LogP contribution in [-0.2, 0) is 23.6 Å². The van der Waals surface area contributed by atoms with Gasteiger partial charge in [-0.1, -0.05) is 13.8 Å². The van der Waals surface area contributed by atoms with Crippen LogP contribution in [0.15, 0.2) is 17.2 Å². The molecule has 2 rings (SSSR count). The Morgan fingerprint density at radius 1 is 1.38 bits per heavy atom. The van der Waals surface area contributed by atoms with E-state index in [0.717, 1.165) is 12.2 Å². The fourth-order valence-electron chi connectivity index (χ4n) is 2.24.